The second-order valence-corrected chi connectivity index (χ2v) is 7.87. The first-order chi connectivity index (χ1) is 12.9. The molecule has 144 valence electrons. The topological polar surface area (TPSA) is 77.4 Å². The molecule has 0 bridgehead atoms. The molecule has 2 aliphatic heterocycles. The largest absolute Gasteiger partial charge is 0.488 e. The predicted molar refractivity (Wildman–Crippen MR) is 102 cm³/mol. The number of anilines is 1. The monoisotopic (exact) mass is 370 g/mol. The molecule has 0 spiro atoms. The van der Waals surface area contributed by atoms with Gasteiger partial charge in [-0.05, 0) is 56.9 Å². The molecule has 0 saturated carbocycles. The second-order valence-electron chi connectivity index (χ2n) is 7.87. The number of urea groups is 1. The van der Waals surface area contributed by atoms with Crippen molar-refractivity contribution >= 4 is 11.7 Å². The standard InChI is InChI=1S/C20H26N4O3/c1-20(2)8-6-13-12-14(4-5-16(13)27-20)22-19(25)23-15-7-11-26-17(15)18-21-9-10-24(18)3/h4-5,9-10,12,15,17H,6-8,11H2,1-3H3,(H2,22,23,25)/t15-,17-/m1/s1. The van der Waals surface area contributed by atoms with Crippen LogP contribution in [0.3, 0.4) is 0 Å². The molecule has 2 aromatic rings. The van der Waals surface area contributed by atoms with Crippen LogP contribution in [0.15, 0.2) is 30.6 Å². The van der Waals surface area contributed by atoms with E-state index in [0.717, 1.165) is 42.1 Å². The Morgan fingerprint density at radius 2 is 2.22 bits per heavy atom. The van der Waals surface area contributed by atoms with E-state index in [9.17, 15) is 4.79 Å². The van der Waals surface area contributed by atoms with E-state index in [4.69, 9.17) is 9.47 Å². The van der Waals surface area contributed by atoms with E-state index in [1.54, 1.807) is 6.20 Å². The SMILES string of the molecule is Cn1ccnc1[C@@H]1OCC[C@H]1NC(=O)Nc1ccc2c(c1)CCC(C)(C)O2. The zero-order valence-corrected chi connectivity index (χ0v) is 16.0. The molecule has 1 saturated heterocycles. The molecule has 2 aliphatic rings. The molecule has 1 fully saturated rings. The molecule has 0 radical (unpaired) electrons. The number of benzene rings is 1. The normalized spacial score (nSPS) is 23.4. The molecule has 1 aromatic heterocycles. The van der Waals surface area contributed by atoms with Gasteiger partial charge in [0.2, 0.25) is 0 Å². The molecule has 2 N–H and O–H groups in total. The number of nitrogens with one attached hydrogen (secondary N) is 2. The Kier molecular flexibility index (Phi) is 4.55. The van der Waals surface area contributed by atoms with Gasteiger partial charge in [-0.1, -0.05) is 0 Å². The Morgan fingerprint density at radius 1 is 1.37 bits per heavy atom. The summed E-state index contributed by atoms with van der Waals surface area (Å²) in [6.07, 6.45) is 6.06. The molecular weight excluding hydrogens is 344 g/mol. The maximum absolute atomic E-state index is 12.5. The minimum absolute atomic E-state index is 0.104. The van der Waals surface area contributed by atoms with Crippen LogP contribution in [0.2, 0.25) is 0 Å². The third-order valence-corrected chi connectivity index (χ3v) is 5.22. The lowest BCUT2D eigenvalue weighted by Crippen LogP contribution is -2.40. The third kappa shape index (κ3) is 3.78. The summed E-state index contributed by atoms with van der Waals surface area (Å²) in [5, 5.41) is 5.96. The van der Waals surface area contributed by atoms with Crippen LogP contribution in [0, 0.1) is 0 Å². The van der Waals surface area contributed by atoms with Crippen LogP contribution in [0.4, 0.5) is 10.5 Å². The summed E-state index contributed by atoms with van der Waals surface area (Å²) >= 11 is 0. The fourth-order valence-corrected chi connectivity index (χ4v) is 3.72. The minimum Gasteiger partial charge on any atom is -0.488 e. The van der Waals surface area contributed by atoms with Crippen molar-refractivity contribution in [2.24, 2.45) is 7.05 Å². The molecule has 2 atom stereocenters. The lowest BCUT2D eigenvalue weighted by atomic mass is 9.94. The number of hydrogen-bond donors (Lipinski definition) is 2. The van der Waals surface area contributed by atoms with Crippen molar-refractivity contribution in [3.63, 3.8) is 0 Å². The Bertz CT molecular complexity index is 846. The molecule has 2 amide bonds. The highest BCUT2D eigenvalue weighted by molar-refractivity contribution is 5.89. The van der Waals surface area contributed by atoms with E-state index in [1.807, 2.05) is 36.0 Å². The van der Waals surface area contributed by atoms with Crippen LogP contribution in [0.25, 0.3) is 0 Å². The first-order valence-corrected chi connectivity index (χ1v) is 9.39. The molecule has 1 aromatic carbocycles. The average molecular weight is 370 g/mol. The molecule has 3 heterocycles. The van der Waals surface area contributed by atoms with Gasteiger partial charge in [0.1, 0.15) is 23.3 Å². The molecule has 27 heavy (non-hydrogen) atoms. The van der Waals surface area contributed by atoms with Gasteiger partial charge in [-0.25, -0.2) is 9.78 Å². The highest BCUT2D eigenvalue weighted by Crippen LogP contribution is 2.34. The van der Waals surface area contributed by atoms with Gasteiger partial charge < -0.3 is 24.7 Å². The quantitative estimate of drug-likeness (QED) is 0.870. The Balaban J connectivity index is 1.40. The summed E-state index contributed by atoms with van der Waals surface area (Å²) in [5.74, 6) is 1.72. The molecule has 7 heteroatoms. The van der Waals surface area contributed by atoms with Crippen LogP contribution in [-0.4, -0.2) is 33.8 Å². The first kappa shape index (κ1) is 17.9. The molecule has 4 rings (SSSR count). The van der Waals surface area contributed by atoms with Crippen LogP contribution in [0.5, 0.6) is 5.75 Å². The molecule has 0 unspecified atom stereocenters. The predicted octanol–water partition coefficient (Wildman–Crippen LogP) is 3.18. The number of aromatic nitrogens is 2. The number of hydrogen-bond acceptors (Lipinski definition) is 4. The van der Waals surface area contributed by atoms with Crippen molar-refractivity contribution in [1.82, 2.24) is 14.9 Å². The van der Waals surface area contributed by atoms with Gasteiger partial charge in [0.25, 0.3) is 0 Å². The fraction of sp³-hybridized carbons (Fsp3) is 0.500. The summed E-state index contributed by atoms with van der Waals surface area (Å²) < 4.78 is 13.7. The van der Waals surface area contributed by atoms with Gasteiger partial charge >= 0.3 is 6.03 Å². The van der Waals surface area contributed by atoms with Crippen molar-refractivity contribution in [3.8, 4) is 5.75 Å². The van der Waals surface area contributed by atoms with E-state index in [1.165, 1.54) is 0 Å². The van der Waals surface area contributed by atoms with E-state index < -0.39 is 0 Å². The summed E-state index contributed by atoms with van der Waals surface area (Å²) in [6, 6.07) is 5.46. The van der Waals surface area contributed by atoms with Crippen LogP contribution in [-0.2, 0) is 18.2 Å². The maximum Gasteiger partial charge on any atom is 0.319 e. The summed E-state index contributed by atoms with van der Waals surface area (Å²) in [4.78, 5) is 16.9. The van der Waals surface area contributed by atoms with Gasteiger partial charge in [0.15, 0.2) is 0 Å². The van der Waals surface area contributed by atoms with Gasteiger partial charge in [-0.2, -0.15) is 0 Å². The summed E-state index contributed by atoms with van der Waals surface area (Å²) in [5.41, 5.74) is 1.76. The number of aryl methyl sites for hydroxylation is 2. The zero-order chi connectivity index (χ0) is 19.0. The van der Waals surface area contributed by atoms with Crippen LogP contribution < -0.4 is 15.4 Å². The zero-order valence-electron chi connectivity index (χ0n) is 16.0. The van der Waals surface area contributed by atoms with Crippen molar-refractivity contribution in [3.05, 3.63) is 42.0 Å². The molecule has 0 aliphatic carbocycles. The average Bonchev–Trinajstić information content (AvgIpc) is 3.22. The lowest BCUT2D eigenvalue weighted by Gasteiger charge is -2.32. The maximum atomic E-state index is 12.5. The van der Waals surface area contributed by atoms with Crippen molar-refractivity contribution in [2.75, 3.05) is 11.9 Å². The number of nitrogens with zero attached hydrogens (tertiary/aromatic N) is 2. The third-order valence-electron chi connectivity index (χ3n) is 5.22. The highest BCUT2D eigenvalue weighted by Gasteiger charge is 2.33. The van der Waals surface area contributed by atoms with E-state index in [0.29, 0.717) is 6.61 Å². The Labute approximate surface area is 159 Å². The Morgan fingerprint density at radius 3 is 3.00 bits per heavy atom. The van der Waals surface area contributed by atoms with Gasteiger partial charge in [-0.3, -0.25) is 0 Å². The van der Waals surface area contributed by atoms with Crippen molar-refractivity contribution < 1.29 is 14.3 Å². The van der Waals surface area contributed by atoms with Crippen molar-refractivity contribution in [2.45, 2.75) is 50.9 Å². The van der Waals surface area contributed by atoms with E-state index >= 15 is 0 Å². The van der Waals surface area contributed by atoms with Crippen LogP contribution in [0.1, 0.15) is 44.2 Å². The first-order valence-electron chi connectivity index (χ1n) is 9.39. The second kappa shape index (κ2) is 6.88. The summed E-state index contributed by atoms with van der Waals surface area (Å²) in [7, 11) is 1.93. The minimum atomic E-state index is -0.235. The number of carbonyl (C=O) groups excluding carboxylic acids is 1. The summed E-state index contributed by atoms with van der Waals surface area (Å²) in [6.45, 7) is 4.79. The van der Waals surface area contributed by atoms with Crippen LogP contribution >= 0.6 is 0 Å². The van der Waals surface area contributed by atoms with Gasteiger partial charge in [0.05, 0.1) is 6.04 Å². The fourth-order valence-electron chi connectivity index (χ4n) is 3.72. The number of imidazole rings is 1. The number of carbonyl (C=O) groups is 1. The van der Waals surface area contributed by atoms with E-state index in [2.05, 4.69) is 29.5 Å². The molecule has 7 nitrogen and oxygen atoms in total. The number of rotatable bonds is 3. The van der Waals surface area contributed by atoms with E-state index in [-0.39, 0.29) is 23.8 Å². The highest BCUT2D eigenvalue weighted by atomic mass is 16.5. The number of ether oxygens (including phenoxy) is 2. The number of amides is 2. The van der Waals surface area contributed by atoms with Gasteiger partial charge in [0, 0.05) is 31.7 Å². The van der Waals surface area contributed by atoms with Crippen molar-refractivity contribution in [1.29, 1.82) is 0 Å². The molecular formula is C20H26N4O3. The van der Waals surface area contributed by atoms with Gasteiger partial charge in [-0.15, -0.1) is 0 Å². The Hall–Kier alpha value is -2.54. The smallest absolute Gasteiger partial charge is 0.319 e. The lowest BCUT2D eigenvalue weighted by molar-refractivity contribution is 0.0847. The number of fused-ring (bicyclic) bond motifs is 1.